The second-order valence-electron chi connectivity index (χ2n) is 15.9. The zero-order valence-electron chi connectivity index (χ0n) is 27.0. The summed E-state index contributed by atoms with van der Waals surface area (Å²) in [7, 11) is 0. The maximum Gasteiger partial charge on any atom is 0.207 e. The van der Waals surface area contributed by atoms with Gasteiger partial charge in [0, 0.05) is 13.2 Å². The van der Waals surface area contributed by atoms with Gasteiger partial charge in [-0.25, -0.2) is 0 Å². The highest BCUT2D eigenvalue weighted by molar-refractivity contribution is 5.61. The Bertz CT molecular complexity index is 972. The fourth-order valence-electron chi connectivity index (χ4n) is 11.2. The molecular formula is C35H59NO4. The molecule has 0 heterocycles. The number of hydrogen-bond donors (Lipinski definition) is 2. The van der Waals surface area contributed by atoms with Gasteiger partial charge in [0.1, 0.15) is 6.29 Å². The average Bonchev–Trinajstić information content (AvgIpc) is 3.14. The maximum atomic E-state index is 12.9. The highest BCUT2D eigenvalue weighted by Crippen LogP contribution is 2.76. The molecule has 4 aliphatic rings. The smallest absolute Gasteiger partial charge is 0.207 e. The van der Waals surface area contributed by atoms with Crippen molar-refractivity contribution in [2.75, 3.05) is 13.2 Å². The molecule has 40 heavy (non-hydrogen) atoms. The summed E-state index contributed by atoms with van der Waals surface area (Å²) in [5, 5.41) is 12.6. The van der Waals surface area contributed by atoms with Crippen molar-refractivity contribution in [2.24, 2.45) is 56.7 Å². The van der Waals surface area contributed by atoms with Crippen molar-refractivity contribution in [2.45, 2.75) is 126 Å². The summed E-state index contributed by atoms with van der Waals surface area (Å²) >= 11 is 0. The average molecular weight is 558 g/mol. The third-order valence-electron chi connectivity index (χ3n) is 13.8. The fourth-order valence-corrected chi connectivity index (χ4v) is 11.2. The number of fused-ring (bicyclic) bond motifs is 4. The SMILES string of the molecule is CC1CCC2(CCCO)C(C1)CC1(C)C(=CC3C(C)(C)C(C(C)(C=O)C(C)OC(C)CNC=O)CCC31C)C2C. The molecule has 0 aromatic heterocycles. The van der Waals surface area contributed by atoms with Gasteiger partial charge in [-0.15, -0.1) is 0 Å². The number of allylic oxidation sites excluding steroid dienone is 2. The molecule has 11 atom stereocenters. The molecule has 0 aromatic carbocycles. The van der Waals surface area contributed by atoms with Crippen LogP contribution in [-0.4, -0.2) is 43.2 Å². The second-order valence-corrected chi connectivity index (χ2v) is 15.9. The number of carbonyl (C=O) groups is 2. The number of amides is 1. The Kier molecular flexibility index (Phi) is 8.83. The molecule has 4 rings (SSSR count). The highest BCUT2D eigenvalue weighted by Gasteiger charge is 2.69. The summed E-state index contributed by atoms with van der Waals surface area (Å²) < 4.78 is 6.36. The standard InChI is InChI=1S/C35H59NO4/c1-23-11-15-35(13-10-16-37)25(3)28-18-30-31(5,6)29(12-14-33(30,8)34(28,9)19-27(35)17-23)32(7,21-38)26(4)40-24(2)20-36-22-39/h18,21-27,29-30,37H,10-17,19-20H2,1-9H3,(H,36,39). The first kappa shape index (κ1) is 31.7. The summed E-state index contributed by atoms with van der Waals surface area (Å²) in [5.41, 5.74) is 1.62. The minimum absolute atomic E-state index is 0.0750. The predicted molar refractivity (Wildman–Crippen MR) is 162 cm³/mol. The molecule has 0 bridgehead atoms. The Morgan fingerprint density at radius 2 is 1.85 bits per heavy atom. The number of carbonyl (C=O) groups excluding carboxylic acids is 2. The molecule has 3 saturated carbocycles. The van der Waals surface area contributed by atoms with Gasteiger partial charge >= 0.3 is 0 Å². The summed E-state index contributed by atoms with van der Waals surface area (Å²) in [4.78, 5) is 23.7. The maximum absolute atomic E-state index is 12.9. The van der Waals surface area contributed by atoms with E-state index >= 15 is 0 Å². The normalized spacial score (nSPS) is 43.2. The van der Waals surface area contributed by atoms with Crippen LogP contribution in [0.2, 0.25) is 0 Å². The van der Waals surface area contributed by atoms with Crippen molar-refractivity contribution in [1.29, 1.82) is 0 Å². The zero-order valence-corrected chi connectivity index (χ0v) is 27.0. The van der Waals surface area contributed by atoms with Crippen LogP contribution in [0, 0.1) is 56.7 Å². The van der Waals surface area contributed by atoms with Gasteiger partial charge in [-0.1, -0.05) is 66.5 Å². The van der Waals surface area contributed by atoms with Gasteiger partial charge in [0.25, 0.3) is 0 Å². The highest BCUT2D eigenvalue weighted by atomic mass is 16.5. The molecule has 0 aromatic rings. The van der Waals surface area contributed by atoms with E-state index in [4.69, 9.17) is 4.74 Å². The number of nitrogens with one attached hydrogen (secondary N) is 1. The predicted octanol–water partition coefficient (Wildman–Crippen LogP) is 6.97. The van der Waals surface area contributed by atoms with E-state index in [1.54, 1.807) is 5.57 Å². The van der Waals surface area contributed by atoms with Crippen molar-refractivity contribution < 1.29 is 19.4 Å². The van der Waals surface area contributed by atoms with E-state index in [9.17, 15) is 14.7 Å². The van der Waals surface area contributed by atoms with Crippen LogP contribution in [0.4, 0.5) is 0 Å². The third-order valence-corrected chi connectivity index (χ3v) is 13.8. The topological polar surface area (TPSA) is 75.6 Å². The van der Waals surface area contributed by atoms with Gasteiger partial charge in [0.15, 0.2) is 0 Å². The Morgan fingerprint density at radius 1 is 1.15 bits per heavy atom. The lowest BCUT2D eigenvalue weighted by molar-refractivity contribution is -0.167. The summed E-state index contributed by atoms with van der Waals surface area (Å²) in [5.74, 6) is 2.61. The van der Waals surface area contributed by atoms with Gasteiger partial charge < -0.3 is 20.0 Å². The Labute approximate surface area is 244 Å². The van der Waals surface area contributed by atoms with Crippen molar-refractivity contribution >= 4 is 12.7 Å². The first-order valence-corrected chi connectivity index (χ1v) is 16.3. The zero-order chi connectivity index (χ0) is 29.7. The molecule has 0 radical (unpaired) electrons. The molecule has 4 aliphatic carbocycles. The first-order valence-electron chi connectivity index (χ1n) is 16.3. The number of aliphatic hydroxyl groups is 1. The van der Waals surface area contributed by atoms with Gasteiger partial charge in [-0.2, -0.15) is 0 Å². The second kappa shape index (κ2) is 11.1. The quantitative estimate of drug-likeness (QED) is 0.212. The van der Waals surface area contributed by atoms with E-state index in [0.29, 0.717) is 36.1 Å². The molecule has 2 N–H and O–H groups in total. The summed E-state index contributed by atoms with van der Waals surface area (Å²) in [6, 6.07) is 0. The number of rotatable bonds is 11. The Morgan fingerprint density at radius 3 is 2.48 bits per heavy atom. The van der Waals surface area contributed by atoms with Gasteiger partial charge in [-0.05, 0) is 110 Å². The largest absolute Gasteiger partial charge is 0.396 e. The van der Waals surface area contributed by atoms with Crippen molar-refractivity contribution in [3.63, 3.8) is 0 Å². The van der Waals surface area contributed by atoms with Crippen LogP contribution in [0.15, 0.2) is 11.6 Å². The molecule has 1 amide bonds. The van der Waals surface area contributed by atoms with Crippen molar-refractivity contribution in [3.8, 4) is 0 Å². The van der Waals surface area contributed by atoms with Crippen LogP contribution in [0.25, 0.3) is 0 Å². The minimum atomic E-state index is -0.620. The van der Waals surface area contributed by atoms with Gasteiger partial charge in [-0.3, -0.25) is 4.79 Å². The molecule has 0 saturated heterocycles. The van der Waals surface area contributed by atoms with Crippen molar-refractivity contribution in [3.05, 3.63) is 11.6 Å². The van der Waals surface area contributed by atoms with Crippen LogP contribution in [0.3, 0.4) is 0 Å². The lowest BCUT2D eigenvalue weighted by atomic mass is 9.39. The summed E-state index contributed by atoms with van der Waals surface area (Å²) in [6.07, 6.45) is 13.5. The molecule has 5 heteroatoms. The molecular weight excluding hydrogens is 498 g/mol. The van der Waals surface area contributed by atoms with Crippen LogP contribution < -0.4 is 5.32 Å². The molecule has 11 unspecified atom stereocenters. The van der Waals surface area contributed by atoms with Crippen molar-refractivity contribution in [1.82, 2.24) is 5.32 Å². The van der Waals surface area contributed by atoms with Gasteiger partial charge in [0.2, 0.25) is 6.41 Å². The van der Waals surface area contributed by atoms with E-state index in [1.807, 2.05) is 13.8 Å². The molecule has 5 nitrogen and oxygen atoms in total. The minimum Gasteiger partial charge on any atom is -0.396 e. The molecule has 0 aliphatic heterocycles. The van der Waals surface area contributed by atoms with E-state index in [2.05, 4.69) is 59.9 Å². The lowest BCUT2D eigenvalue weighted by Gasteiger charge is -2.65. The molecule has 0 spiro atoms. The Hall–Kier alpha value is -1.20. The summed E-state index contributed by atoms with van der Waals surface area (Å²) in [6.45, 7) is 21.8. The fraction of sp³-hybridized carbons (Fsp3) is 0.886. The lowest BCUT2D eigenvalue weighted by Crippen LogP contribution is -2.59. The van der Waals surface area contributed by atoms with Gasteiger partial charge in [0.05, 0.1) is 17.6 Å². The monoisotopic (exact) mass is 557 g/mol. The van der Waals surface area contributed by atoms with E-state index < -0.39 is 5.41 Å². The number of hydrogen-bond acceptors (Lipinski definition) is 4. The van der Waals surface area contributed by atoms with Crippen LogP contribution in [-0.2, 0) is 14.3 Å². The van der Waals surface area contributed by atoms with Crippen LogP contribution in [0.5, 0.6) is 0 Å². The molecule has 228 valence electrons. The van der Waals surface area contributed by atoms with Crippen LogP contribution in [0.1, 0.15) is 114 Å². The number of aliphatic hydroxyl groups excluding tert-OH is 1. The number of ether oxygens (including phenoxy) is 1. The first-order chi connectivity index (χ1) is 18.7. The van der Waals surface area contributed by atoms with E-state index in [0.717, 1.165) is 31.6 Å². The van der Waals surface area contributed by atoms with E-state index in [-0.39, 0.29) is 41.0 Å². The van der Waals surface area contributed by atoms with E-state index in [1.165, 1.54) is 32.0 Å². The van der Waals surface area contributed by atoms with Crippen LogP contribution >= 0.6 is 0 Å². The Balaban J connectivity index is 1.70. The molecule has 3 fully saturated rings. The number of aldehydes is 1. The third kappa shape index (κ3) is 4.64.